The third kappa shape index (κ3) is 4.03. The number of halogens is 1. The van der Waals surface area contributed by atoms with Crippen molar-refractivity contribution in [2.45, 2.75) is 38.3 Å². The Morgan fingerprint density at radius 1 is 1.07 bits per heavy atom. The van der Waals surface area contributed by atoms with Crippen molar-refractivity contribution in [3.8, 4) is 0 Å². The average Bonchev–Trinajstić information content (AvgIpc) is 2.72. The summed E-state index contributed by atoms with van der Waals surface area (Å²) in [6, 6.07) is 6.20. The first-order chi connectivity index (χ1) is 13.9. The van der Waals surface area contributed by atoms with Crippen LogP contribution in [0.1, 0.15) is 37.0 Å². The van der Waals surface area contributed by atoms with Crippen LogP contribution in [0.25, 0.3) is 0 Å². The Morgan fingerprint density at radius 2 is 1.76 bits per heavy atom. The van der Waals surface area contributed by atoms with Crippen LogP contribution in [-0.2, 0) is 9.53 Å². The minimum atomic E-state index is -0.488. The zero-order chi connectivity index (χ0) is 20.6. The molecular formula is C22H30FN3O3. The Labute approximate surface area is 171 Å². The Kier molecular flexibility index (Phi) is 5.62. The number of carbonyl (C=O) groups is 2. The molecule has 3 saturated heterocycles. The van der Waals surface area contributed by atoms with Gasteiger partial charge in [-0.3, -0.25) is 14.5 Å². The van der Waals surface area contributed by atoms with Crippen molar-refractivity contribution < 1.29 is 18.7 Å². The molecule has 4 rings (SSSR count). The molecule has 7 heteroatoms. The summed E-state index contributed by atoms with van der Waals surface area (Å²) in [6.45, 7) is 8.73. The number of hydrogen-bond donors (Lipinski definition) is 0. The molecule has 158 valence electrons. The maximum absolute atomic E-state index is 14.2. The summed E-state index contributed by atoms with van der Waals surface area (Å²) in [6.07, 6.45) is 1.57. The number of benzene rings is 1. The van der Waals surface area contributed by atoms with Crippen LogP contribution in [0.4, 0.5) is 4.39 Å². The van der Waals surface area contributed by atoms with Crippen LogP contribution in [0.15, 0.2) is 24.3 Å². The van der Waals surface area contributed by atoms with Crippen LogP contribution in [0.3, 0.4) is 0 Å². The summed E-state index contributed by atoms with van der Waals surface area (Å²) >= 11 is 0. The van der Waals surface area contributed by atoms with E-state index in [1.807, 2.05) is 4.90 Å². The molecule has 1 atom stereocenters. The fraction of sp³-hybridized carbons (Fsp3) is 0.636. The van der Waals surface area contributed by atoms with Gasteiger partial charge in [-0.1, -0.05) is 12.1 Å². The highest BCUT2D eigenvalue weighted by Gasteiger charge is 2.45. The lowest BCUT2D eigenvalue weighted by Crippen LogP contribution is -2.71. The molecule has 0 saturated carbocycles. The van der Waals surface area contributed by atoms with Gasteiger partial charge in [0.2, 0.25) is 5.91 Å². The summed E-state index contributed by atoms with van der Waals surface area (Å²) in [5.74, 6) is -0.507. The number of hydrogen-bond acceptors (Lipinski definition) is 4. The van der Waals surface area contributed by atoms with Gasteiger partial charge in [-0.2, -0.15) is 0 Å². The molecule has 0 aliphatic carbocycles. The highest BCUT2D eigenvalue weighted by Crippen LogP contribution is 2.30. The second-order valence-electron chi connectivity index (χ2n) is 9.00. The van der Waals surface area contributed by atoms with Gasteiger partial charge in [0.25, 0.3) is 5.91 Å². The normalized spacial score (nSPS) is 25.6. The molecule has 29 heavy (non-hydrogen) atoms. The van der Waals surface area contributed by atoms with Crippen molar-refractivity contribution in [1.29, 1.82) is 0 Å². The molecule has 3 aliphatic heterocycles. The predicted molar refractivity (Wildman–Crippen MR) is 107 cm³/mol. The number of rotatable bonds is 2. The third-order valence-corrected chi connectivity index (χ3v) is 6.54. The smallest absolute Gasteiger partial charge is 0.256 e. The molecule has 2 amide bonds. The number of ether oxygens (including phenoxy) is 1. The summed E-state index contributed by atoms with van der Waals surface area (Å²) in [5, 5.41) is 0. The summed E-state index contributed by atoms with van der Waals surface area (Å²) in [7, 11) is 0. The van der Waals surface area contributed by atoms with Crippen molar-refractivity contribution in [2.75, 3.05) is 45.9 Å². The largest absolute Gasteiger partial charge is 0.381 e. The molecule has 0 radical (unpaired) electrons. The molecule has 0 N–H and O–H groups in total. The van der Waals surface area contributed by atoms with E-state index in [2.05, 4.69) is 18.7 Å². The number of fused-ring (bicyclic) bond motifs is 1. The minimum Gasteiger partial charge on any atom is -0.381 e. The summed E-state index contributed by atoms with van der Waals surface area (Å²) in [5.41, 5.74) is -0.111. The Hall–Kier alpha value is -1.99. The second kappa shape index (κ2) is 8.03. The molecule has 0 bridgehead atoms. The van der Waals surface area contributed by atoms with E-state index in [1.165, 1.54) is 6.07 Å². The molecular weight excluding hydrogens is 373 g/mol. The lowest BCUT2D eigenvalue weighted by Gasteiger charge is -2.55. The first kappa shape index (κ1) is 20.3. The monoisotopic (exact) mass is 403 g/mol. The predicted octanol–water partition coefficient (Wildman–Crippen LogP) is 2.00. The molecule has 3 aliphatic rings. The first-order valence-electron chi connectivity index (χ1n) is 10.5. The lowest BCUT2D eigenvalue weighted by atomic mass is 9.91. The van der Waals surface area contributed by atoms with Crippen molar-refractivity contribution in [2.24, 2.45) is 5.92 Å². The zero-order valence-electron chi connectivity index (χ0n) is 17.3. The van der Waals surface area contributed by atoms with Crippen LogP contribution in [0, 0.1) is 11.7 Å². The van der Waals surface area contributed by atoms with Gasteiger partial charge in [0.15, 0.2) is 0 Å². The van der Waals surface area contributed by atoms with Crippen LogP contribution in [0.5, 0.6) is 0 Å². The van der Waals surface area contributed by atoms with E-state index in [0.29, 0.717) is 32.8 Å². The van der Waals surface area contributed by atoms with Crippen LogP contribution in [0.2, 0.25) is 0 Å². The molecule has 0 spiro atoms. The fourth-order valence-corrected chi connectivity index (χ4v) is 5.05. The van der Waals surface area contributed by atoms with E-state index in [9.17, 15) is 14.0 Å². The number of carbonyl (C=O) groups excluding carboxylic acids is 2. The molecule has 3 heterocycles. The van der Waals surface area contributed by atoms with Gasteiger partial charge in [0, 0.05) is 63.4 Å². The van der Waals surface area contributed by atoms with Crippen LogP contribution < -0.4 is 0 Å². The van der Waals surface area contributed by atoms with E-state index in [4.69, 9.17) is 4.74 Å². The molecule has 3 fully saturated rings. The molecule has 1 aromatic rings. The van der Waals surface area contributed by atoms with Gasteiger partial charge in [0.05, 0.1) is 5.56 Å². The number of amides is 2. The van der Waals surface area contributed by atoms with E-state index < -0.39 is 5.82 Å². The maximum atomic E-state index is 14.2. The van der Waals surface area contributed by atoms with Gasteiger partial charge < -0.3 is 14.5 Å². The molecule has 0 aromatic heterocycles. The Morgan fingerprint density at radius 3 is 2.48 bits per heavy atom. The van der Waals surface area contributed by atoms with Crippen molar-refractivity contribution >= 4 is 11.8 Å². The lowest BCUT2D eigenvalue weighted by molar-refractivity contribution is -0.145. The van der Waals surface area contributed by atoms with E-state index in [1.54, 1.807) is 23.1 Å². The van der Waals surface area contributed by atoms with Gasteiger partial charge in [-0.15, -0.1) is 0 Å². The van der Waals surface area contributed by atoms with Crippen molar-refractivity contribution in [1.82, 2.24) is 14.7 Å². The second-order valence-corrected chi connectivity index (χ2v) is 9.00. The Bertz CT molecular complexity index is 778. The molecule has 1 aromatic carbocycles. The molecule has 6 nitrogen and oxygen atoms in total. The van der Waals surface area contributed by atoms with E-state index in [-0.39, 0.29) is 34.9 Å². The van der Waals surface area contributed by atoms with Crippen LogP contribution >= 0.6 is 0 Å². The number of nitrogens with zero attached hydrogens (tertiary/aromatic N) is 3. The molecule has 1 unspecified atom stereocenters. The van der Waals surface area contributed by atoms with Gasteiger partial charge in [0.1, 0.15) is 5.82 Å². The van der Waals surface area contributed by atoms with Crippen molar-refractivity contribution in [3.05, 3.63) is 35.6 Å². The van der Waals surface area contributed by atoms with E-state index >= 15 is 0 Å². The first-order valence-corrected chi connectivity index (χ1v) is 10.5. The van der Waals surface area contributed by atoms with Crippen molar-refractivity contribution in [3.63, 3.8) is 0 Å². The van der Waals surface area contributed by atoms with Gasteiger partial charge in [-0.05, 0) is 38.8 Å². The number of piperazine rings is 2. The maximum Gasteiger partial charge on any atom is 0.256 e. The van der Waals surface area contributed by atoms with Crippen LogP contribution in [-0.4, -0.2) is 84.0 Å². The minimum absolute atomic E-state index is 0.0445. The Balaban J connectivity index is 1.49. The third-order valence-electron chi connectivity index (χ3n) is 6.54. The highest BCUT2D eigenvalue weighted by atomic mass is 19.1. The topological polar surface area (TPSA) is 53.1 Å². The average molecular weight is 403 g/mol. The highest BCUT2D eigenvalue weighted by molar-refractivity contribution is 5.94. The van der Waals surface area contributed by atoms with E-state index in [0.717, 1.165) is 25.9 Å². The summed E-state index contributed by atoms with van der Waals surface area (Å²) in [4.78, 5) is 32.1. The SMILES string of the molecule is CC1(C)CN(C(=O)c2ccccc2F)CC2CN(C(=O)C3CCOCC3)CCN21. The zero-order valence-corrected chi connectivity index (χ0v) is 17.3. The fourth-order valence-electron chi connectivity index (χ4n) is 5.05. The quantitative estimate of drug-likeness (QED) is 0.758. The standard InChI is InChI=1S/C22H30FN3O3/c1-22(2)15-25(21(28)18-5-3-4-6-19(18)23)14-17-13-24(9-10-26(17)22)20(27)16-7-11-29-12-8-16/h3-6,16-17H,7-15H2,1-2H3. The summed E-state index contributed by atoms with van der Waals surface area (Å²) < 4.78 is 19.6. The van der Waals surface area contributed by atoms with Gasteiger partial charge in [-0.25, -0.2) is 4.39 Å². The van der Waals surface area contributed by atoms with Gasteiger partial charge >= 0.3 is 0 Å².